The van der Waals surface area contributed by atoms with Crippen LogP contribution in [0.1, 0.15) is 46.0 Å². The van der Waals surface area contributed by atoms with Crippen LogP contribution in [0.5, 0.6) is 0 Å². The highest BCUT2D eigenvalue weighted by molar-refractivity contribution is 5.01. The summed E-state index contributed by atoms with van der Waals surface area (Å²) in [5, 5.41) is 3.85. The Hall–Kier alpha value is -0.120. The van der Waals surface area contributed by atoms with E-state index in [0.29, 0.717) is 5.54 Å². The summed E-state index contributed by atoms with van der Waals surface area (Å²) in [6, 6.07) is 0.785. The van der Waals surface area contributed by atoms with Gasteiger partial charge in [0.2, 0.25) is 0 Å². The van der Waals surface area contributed by atoms with Gasteiger partial charge < -0.3 is 10.1 Å². The maximum absolute atomic E-state index is 5.21. The highest BCUT2D eigenvalue weighted by Crippen LogP contribution is 2.38. The fourth-order valence-corrected chi connectivity index (χ4v) is 3.34. The Morgan fingerprint density at radius 2 is 2.00 bits per heavy atom. The van der Waals surface area contributed by atoms with Crippen LogP contribution in [0, 0.1) is 5.92 Å². The first-order chi connectivity index (χ1) is 8.74. The number of rotatable bonds is 7. The van der Waals surface area contributed by atoms with E-state index in [0.717, 1.165) is 18.6 Å². The molecule has 18 heavy (non-hydrogen) atoms. The van der Waals surface area contributed by atoms with E-state index in [4.69, 9.17) is 4.74 Å². The maximum atomic E-state index is 5.21. The van der Waals surface area contributed by atoms with Crippen LogP contribution in [0.4, 0.5) is 0 Å². The summed E-state index contributed by atoms with van der Waals surface area (Å²) in [6.45, 7) is 9.16. The molecular weight excluding hydrogens is 224 g/mol. The van der Waals surface area contributed by atoms with Gasteiger partial charge in [-0.25, -0.2) is 0 Å². The largest absolute Gasteiger partial charge is 0.385 e. The van der Waals surface area contributed by atoms with Gasteiger partial charge in [-0.05, 0) is 38.0 Å². The van der Waals surface area contributed by atoms with Gasteiger partial charge in [0.05, 0.1) is 0 Å². The molecule has 0 aromatic carbocycles. The summed E-state index contributed by atoms with van der Waals surface area (Å²) in [5.74, 6) is 0.965. The van der Waals surface area contributed by atoms with Gasteiger partial charge >= 0.3 is 0 Å². The fourth-order valence-electron chi connectivity index (χ4n) is 3.34. The van der Waals surface area contributed by atoms with Crippen LogP contribution in [-0.2, 0) is 4.74 Å². The summed E-state index contributed by atoms with van der Waals surface area (Å²) >= 11 is 0. The molecule has 1 unspecified atom stereocenters. The Morgan fingerprint density at radius 1 is 1.28 bits per heavy atom. The number of nitrogens with one attached hydrogen (secondary N) is 1. The van der Waals surface area contributed by atoms with E-state index in [-0.39, 0.29) is 0 Å². The Kier molecular flexibility index (Phi) is 5.05. The summed E-state index contributed by atoms with van der Waals surface area (Å²) in [7, 11) is 1.80. The quantitative estimate of drug-likeness (QED) is 0.705. The van der Waals surface area contributed by atoms with E-state index >= 15 is 0 Å². The van der Waals surface area contributed by atoms with Crippen LogP contribution >= 0.6 is 0 Å². The van der Waals surface area contributed by atoms with Crippen LogP contribution in [0.2, 0.25) is 0 Å². The van der Waals surface area contributed by atoms with E-state index in [1.54, 1.807) is 7.11 Å². The number of hydrogen-bond donors (Lipinski definition) is 1. The van der Waals surface area contributed by atoms with E-state index in [9.17, 15) is 0 Å². The fraction of sp³-hybridized carbons (Fsp3) is 1.00. The number of methoxy groups -OCH3 is 1. The highest BCUT2D eigenvalue weighted by atomic mass is 16.5. The van der Waals surface area contributed by atoms with Gasteiger partial charge in [-0.3, -0.25) is 4.90 Å². The number of hydrogen-bond acceptors (Lipinski definition) is 3. The second-order valence-electron chi connectivity index (χ2n) is 6.09. The third kappa shape index (κ3) is 3.25. The summed E-state index contributed by atoms with van der Waals surface area (Å²) in [5.41, 5.74) is 0.360. The van der Waals surface area contributed by atoms with E-state index in [2.05, 4.69) is 24.1 Å². The molecule has 1 atom stereocenters. The van der Waals surface area contributed by atoms with Crippen molar-refractivity contribution >= 4 is 0 Å². The molecule has 2 aliphatic rings. The molecule has 0 bridgehead atoms. The Bertz CT molecular complexity index is 249. The average Bonchev–Trinajstić information content (AvgIpc) is 3.23. The Morgan fingerprint density at radius 3 is 2.56 bits per heavy atom. The second-order valence-corrected chi connectivity index (χ2v) is 6.09. The average molecular weight is 254 g/mol. The maximum Gasteiger partial charge on any atom is 0.0474 e. The smallest absolute Gasteiger partial charge is 0.0474 e. The summed E-state index contributed by atoms with van der Waals surface area (Å²) in [6.07, 6.45) is 6.53. The SMILES string of the molecule is CCC1(CC)CN(CCCOC)C(C2CC2)CN1. The van der Waals surface area contributed by atoms with Gasteiger partial charge in [0, 0.05) is 44.9 Å². The molecule has 106 valence electrons. The first-order valence-electron chi connectivity index (χ1n) is 7.72. The van der Waals surface area contributed by atoms with Gasteiger partial charge in [0.1, 0.15) is 0 Å². The minimum Gasteiger partial charge on any atom is -0.385 e. The molecule has 3 heteroatoms. The topological polar surface area (TPSA) is 24.5 Å². The molecule has 1 aliphatic carbocycles. The van der Waals surface area contributed by atoms with Crippen molar-refractivity contribution < 1.29 is 4.74 Å². The molecule has 0 aromatic rings. The van der Waals surface area contributed by atoms with Crippen molar-refractivity contribution in [1.29, 1.82) is 0 Å². The molecule has 0 amide bonds. The van der Waals surface area contributed by atoms with Crippen molar-refractivity contribution in [3.63, 3.8) is 0 Å². The summed E-state index contributed by atoms with van der Waals surface area (Å²) in [4.78, 5) is 2.75. The molecule has 1 saturated heterocycles. The lowest BCUT2D eigenvalue weighted by atomic mass is 9.87. The first-order valence-corrected chi connectivity index (χ1v) is 7.72. The minimum absolute atomic E-state index is 0.360. The molecule has 0 spiro atoms. The molecule has 2 fully saturated rings. The van der Waals surface area contributed by atoms with Crippen LogP contribution in [0.25, 0.3) is 0 Å². The normalized spacial score (nSPS) is 28.5. The first kappa shape index (κ1) is 14.3. The van der Waals surface area contributed by atoms with Gasteiger partial charge in [0.25, 0.3) is 0 Å². The van der Waals surface area contributed by atoms with Crippen LogP contribution in [0.3, 0.4) is 0 Å². The summed E-state index contributed by atoms with van der Waals surface area (Å²) < 4.78 is 5.21. The van der Waals surface area contributed by atoms with Crippen molar-refractivity contribution in [1.82, 2.24) is 10.2 Å². The van der Waals surface area contributed by atoms with Crippen molar-refractivity contribution in [3.8, 4) is 0 Å². The molecular formula is C15H30N2O. The zero-order chi connectivity index (χ0) is 13.0. The van der Waals surface area contributed by atoms with Crippen LogP contribution < -0.4 is 5.32 Å². The van der Waals surface area contributed by atoms with Crippen molar-refractivity contribution in [2.24, 2.45) is 5.92 Å². The molecule has 0 aromatic heterocycles. The molecule has 1 saturated carbocycles. The second kappa shape index (κ2) is 6.36. The van der Waals surface area contributed by atoms with E-state index < -0.39 is 0 Å². The zero-order valence-electron chi connectivity index (χ0n) is 12.4. The van der Waals surface area contributed by atoms with Gasteiger partial charge in [0.15, 0.2) is 0 Å². The molecule has 2 rings (SSSR count). The predicted octanol–water partition coefficient (Wildman–Crippen LogP) is 2.27. The van der Waals surface area contributed by atoms with Crippen LogP contribution in [-0.4, -0.2) is 49.8 Å². The van der Waals surface area contributed by atoms with Crippen molar-refractivity contribution in [2.75, 3.05) is 33.4 Å². The van der Waals surface area contributed by atoms with Crippen molar-refractivity contribution in [3.05, 3.63) is 0 Å². The highest BCUT2D eigenvalue weighted by Gasteiger charge is 2.42. The predicted molar refractivity (Wildman–Crippen MR) is 75.9 cm³/mol. The monoisotopic (exact) mass is 254 g/mol. The number of piperazine rings is 1. The van der Waals surface area contributed by atoms with Gasteiger partial charge in [-0.2, -0.15) is 0 Å². The van der Waals surface area contributed by atoms with Gasteiger partial charge in [-0.15, -0.1) is 0 Å². The number of nitrogens with zero attached hydrogens (tertiary/aromatic N) is 1. The number of ether oxygens (including phenoxy) is 1. The lowest BCUT2D eigenvalue weighted by molar-refractivity contribution is 0.0540. The molecule has 0 radical (unpaired) electrons. The zero-order valence-corrected chi connectivity index (χ0v) is 12.4. The van der Waals surface area contributed by atoms with Crippen molar-refractivity contribution in [2.45, 2.75) is 57.5 Å². The lowest BCUT2D eigenvalue weighted by Gasteiger charge is -2.48. The standard InChI is InChI=1S/C15H30N2O/c1-4-15(5-2)12-17(9-6-10-18-3)14(11-16-15)13-7-8-13/h13-14,16H,4-12H2,1-3H3. The molecule has 1 heterocycles. The molecule has 1 N–H and O–H groups in total. The molecule has 1 aliphatic heterocycles. The Balaban J connectivity index is 1.93. The van der Waals surface area contributed by atoms with Gasteiger partial charge in [-0.1, -0.05) is 13.8 Å². The molecule has 3 nitrogen and oxygen atoms in total. The third-order valence-corrected chi connectivity index (χ3v) is 4.97. The third-order valence-electron chi connectivity index (χ3n) is 4.97. The lowest BCUT2D eigenvalue weighted by Crippen LogP contribution is -2.64. The van der Waals surface area contributed by atoms with Crippen LogP contribution in [0.15, 0.2) is 0 Å². The van der Waals surface area contributed by atoms with E-state index in [1.165, 1.54) is 51.7 Å². The minimum atomic E-state index is 0.360. The van der Waals surface area contributed by atoms with E-state index in [1.807, 2.05) is 0 Å². The Labute approximate surface area is 112 Å².